The molecule has 1 amide bonds. The molecule has 2 aromatic carbocycles. The maximum atomic E-state index is 11.9. The Labute approximate surface area is 131 Å². The highest BCUT2D eigenvalue weighted by atomic mass is 127. The zero-order valence-corrected chi connectivity index (χ0v) is 13.0. The first kappa shape index (κ1) is 14.5. The van der Waals surface area contributed by atoms with E-state index in [9.17, 15) is 4.79 Å². The number of hydrogen-bond donors (Lipinski definition) is 1. The normalized spacial score (nSPS) is 10.5. The van der Waals surface area contributed by atoms with E-state index < -0.39 is 0 Å². The maximum absolute atomic E-state index is 11.9. The standard InChI is InChI=1S/C15H13IN2O2/c1-20-12-8-6-11(7-9-12)10-17-18-15(19)13-4-2-3-5-14(13)16/h2-10H,1H3,(H,18,19)/b17-10-. The molecule has 0 unspecified atom stereocenters. The number of benzene rings is 2. The first-order valence-corrected chi connectivity index (χ1v) is 7.00. The highest BCUT2D eigenvalue weighted by molar-refractivity contribution is 14.1. The van der Waals surface area contributed by atoms with Gasteiger partial charge in [-0.25, -0.2) is 5.43 Å². The summed E-state index contributed by atoms with van der Waals surface area (Å²) in [6, 6.07) is 14.8. The van der Waals surface area contributed by atoms with Crippen LogP contribution in [-0.2, 0) is 0 Å². The number of nitrogens with one attached hydrogen (secondary N) is 1. The van der Waals surface area contributed by atoms with E-state index in [2.05, 4.69) is 33.1 Å². The Kier molecular flexibility index (Phi) is 5.11. The number of carbonyl (C=O) groups is 1. The summed E-state index contributed by atoms with van der Waals surface area (Å²) < 4.78 is 5.96. The van der Waals surface area contributed by atoms with Crippen LogP contribution in [0.1, 0.15) is 15.9 Å². The molecular formula is C15H13IN2O2. The highest BCUT2D eigenvalue weighted by Crippen LogP contribution is 2.11. The average Bonchev–Trinajstić information content (AvgIpc) is 2.48. The number of nitrogens with zero attached hydrogens (tertiary/aromatic N) is 1. The molecule has 0 fully saturated rings. The van der Waals surface area contributed by atoms with Gasteiger partial charge in [0, 0.05) is 3.57 Å². The monoisotopic (exact) mass is 380 g/mol. The molecule has 0 radical (unpaired) electrons. The third-order valence-electron chi connectivity index (χ3n) is 2.61. The van der Waals surface area contributed by atoms with Crippen molar-refractivity contribution in [1.29, 1.82) is 0 Å². The predicted octanol–water partition coefficient (Wildman–Crippen LogP) is 3.06. The van der Waals surface area contributed by atoms with Crippen LogP contribution < -0.4 is 10.2 Å². The Hall–Kier alpha value is -1.89. The van der Waals surface area contributed by atoms with Crippen molar-refractivity contribution in [1.82, 2.24) is 5.43 Å². The van der Waals surface area contributed by atoms with Crippen molar-refractivity contribution < 1.29 is 9.53 Å². The van der Waals surface area contributed by atoms with Gasteiger partial charge in [-0.15, -0.1) is 0 Å². The first-order valence-electron chi connectivity index (χ1n) is 5.92. The van der Waals surface area contributed by atoms with Crippen molar-refractivity contribution in [3.8, 4) is 5.75 Å². The van der Waals surface area contributed by atoms with Crippen molar-refractivity contribution in [2.45, 2.75) is 0 Å². The van der Waals surface area contributed by atoms with Gasteiger partial charge in [0.05, 0.1) is 18.9 Å². The molecular weight excluding hydrogens is 367 g/mol. The van der Waals surface area contributed by atoms with Gasteiger partial charge in [0.1, 0.15) is 5.75 Å². The van der Waals surface area contributed by atoms with Crippen LogP contribution in [0.5, 0.6) is 5.75 Å². The van der Waals surface area contributed by atoms with E-state index in [1.165, 1.54) is 0 Å². The molecule has 0 spiro atoms. The highest BCUT2D eigenvalue weighted by Gasteiger charge is 2.07. The Morgan fingerprint density at radius 3 is 2.55 bits per heavy atom. The van der Waals surface area contributed by atoms with Gasteiger partial charge < -0.3 is 4.74 Å². The summed E-state index contributed by atoms with van der Waals surface area (Å²) in [7, 11) is 1.62. The maximum Gasteiger partial charge on any atom is 0.272 e. The number of methoxy groups -OCH3 is 1. The van der Waals surface area contributed by atoms with Gasteiger partial charge in [0.15, 0.2) is 0 Å². The van der Waals surface area contributed by atoms with E-state index in [0.29, 0.717) is 5.56 Å². The number of carbonyl (C=O) groups excluding carboxylic acids is 1. The second-order valence-corrected chi connectivity index (χ2v) is 5.11. The molecule has 5 heteroatoms. The molecule has 1 N–H and O–H groups in total. The van der Waals surface area contributed by atoms with Crippen molar-refractivity contribution in [2.75, 3.05) is 7.11 Å². The summed E-state index contributed by atoms with van der Waals surface area (Å²) in [4.78, 5) is 11.9. The number of hydrazone groups is 1. The second kappa shape index (κ2) is 7.04. The third-order valence-corrected chi connectivity index (χ3v) is 3.55. The van der Waals surface area contributed by atoms with Crippen molar-refractivity contribution in [2.24, 2.45) is 5.10 Å². The fraction of sp³-hybridized carbons (Fsp3) is 0.0667. The summed E-state index contributed by atoms with van der Waals surface area (Å²) in [6.45, 7) is 0. The lowest BCUT2D eigenvalue weighted by atomic mass is 10.2. The Bertz CT molecular complexity index is 624. The van der Waals surface area contributed by atoms with Gasteiger partial charge in [0.25, 0.3) is 5.91 Å². The lowest BCUT2D eigenvalue weighted by Gasteiger charge is -2.02. The topological polar surface area (TPSA) is 50.7 Å². The number of amides is 1. The van der Waals surface area contributed by atoms with Crippen molar-refractivity contribution in [3.05, 3.63) is 63.2 Å². The van der Waals surface area contributed by atoms with Crippen LogP contribution in [0.2, 0.25) is 0 Å². The fourth-order valence-corrected chi connectivity index (χ4v) is 2.19. The SMILES string of the molecule is COc1ccc(/C=N\NC(=O)c2ccccc2I)cc1. The molecule has 20 heavy (non-hydrogen) atoms. The molecule has 0 aliphatic heterocycles. The van der Waals surface area contributed by atoms with Crippen LogP contribution in [0.25, 0.3) is 0 Å². The van der Waals surface area contributed by atoms with Crippen LogP contribution in [0.4, 0.5) is 0 Å². The van der Waals surface area contributed by atoms with Gasteiger partial charge in [-0.1, -0.05) is 12.1 Å². The van der Waals surface area contributed by atoms with Gasteiger partial charge in [-0.3, -0.25) is 4.79 Å². The predicted molar refractivity (Wildman–Crippen MR) is 87.2 cm³/mol. The molecule has 2 aromatic rings. The van der Waals surface area contributed by atoms with E-state index in [0.717, 1.165) is 14.9 Å². The molecule has 0 aliphatic rings. The van der Waals surface area contributed by atoms with E-state index in [4.69, 9.17) is 4.74 Å². The van der Waals surface area contributed by atoms with Gasteiger partial charge in [0.2, 0.25) is 0 Å². The lowest BCUT2D eigenvalue weighted by Crippen LogP contribution is -2.18. The number of rotatable bonds is 4. The summed E-state index contributed by atoms with van der Waals surface area (Å²) >= 11 is 2.12. The van der Waals surface area contributed by atoms with Gasteiger partial charge in [-0.2, -0.15) is 5.10 Å². The lowest BCUT2D eigenvalue weighted by molar-refractivity contribution is 0.0954. The molecule has 102 valence electrons. The average molecular weight is 380 g/mol. The molecule has 0 saturated carbocycles. The molecule has 0 saturated heterocycles. The Morgan fingerprint density at radius 1 is 1.20 bits per heavy atom. The van der Waals surface area contributed by atoms with Crippen LogP contribution in [0.3, 0.4) is 0 Å². The Balaban J connectivity index is 1.99. The number of hydrogen-bond acceptors (Lipinski definition) is 3. The summed E-state index contributed by atoms with van der Waals surface area (Å²) in [5.74, 6) is 0.560. The molecule has 0 bridgehead atoms. The van der Waals surface area contributed by atoms with Gasteiger partial charge >= 0.3 is 0 Å². The molecule has 0 aliphatic carbocycles. The third kappa shape index (κ3) is 3.80. The van der Waals surface area contributed by atoms with Crippen LogP contribution >= 0.6 is 22.6 Å². The van der Waals surface area contributed by atoms with Crippen molar-refractivity contribution >= 4 is 34.7 Å². The van der Waals surface area contributed by atoms with E-state index in [1.54, 1.807) is 19.4 Å². The number of halogens is 1. The smallest absolute Gasteiger partial charge is 0.272 e. The quantitative estimate of drug-likeness (QED) is 0.504. The summed E-state index contributed by atoms with van der Waals surface area (Å²) in [5, 5.41) is 3.95. The second-order valence-electron chi connectivity index (χ2n) is 3.95. The molecule has 4 nitrogen and oxygen atoms in total. The summed E-state index contributed by atoms with van der Waals surface area (Å²) in [6.07, 6.45) is 1.59. The zero-order valence-electron chi connectivity index (χ0n) is 10.8. The van der Waals surface area contributed by atoms with Crippen LogP contribution in [0.15, 0.2) is 53.6 Å². The minimum atomic E-state index is -0.222. The van der Waals surface area contributed by atoms with E-state index in [1.807, 2.05) is 42.5 Å². The Morgan fingerprint density at radius 2 is 1.90 bits per heavy atom. The van der Waals surface area contributed by atoms with Crippen molar-refractivity contribution in [3.63, 3.8) is 0 Å². The molecule has 0 atom stereocenters. The zero-order chi connectivity index (χ0) is 14.4. The van der Waals surface area contributed by atoms with Crippen LogP contribution in [0, 0.1) is 3.57 Å². The molecule has 0 heterocycles. The van der Waals surface area contributed by atoms with E-state index in [-0.39, 0.29) is 5.91 Å². The minimum absolute atomic E-state index is 0.222. The summed E-state index contributed by atoms with van der Waals surface area (Å²) in [5.41, 5.74) is 4.01. The van der Waals surface area contributed by atoms with Crippen LogP contribution in [-0.4, -0.2) is 19.2 Å². The molecule has 2 rings (SSSR count). The molecule has 0 aromatic heterocycles. The van der Waals surface area contributed by atoms with Gasteiger partial charge in [-0.05, 0) is 64.6 Å². The largest absolute Gasteiger partial charge is 0.497 e. The number of ether oxygens (including phenoxy) is 1. The van der Waals surface area contributed by atoms with E-state index >= 15 is 0 Å². The minimum Gasteiger partial charge on any atom is -0.497 e. The first-order chi connectivity index (χ1) is 9.70. The fourth-order valence-electron chi connectivity index (χ4n) is 1.56.